The Labute approximate surface area is 129 Å². The first-order chi connectivity index (χ1) is 10.5. The van der Waals surface area contributed by atoms with E-state index in [1.165, 1.54) is 19.2 Å². The maximum absolute atomic E-state index is 13.7. The van der Waals surface area contributed by atoms with Crippen molar-refractivity contribution in [3.05, 3.63) is 41.7 Å². The first-order valence-electron chi connectivity index (χ1n) is 7.23. The zero-order valence-electron chi connectivity index (χ0n) is 12.7. The largest absolute Gasteiger partial charge is 0.494 e. The van der Waals surface area contributed by atoms with Crippen LogP contribution in [-0.2, 0) is 0 Å². The summed E-state index contributed by atoms with van der Waals surface area (Å²) in [6.07, 6.45) is 4.46. The molecular weight excluding hydrogens is 287 g/mol. The highest BCUT2D eigenvalue weighted by atomic mass is 19.1. The summed E-state index contributed by atoms with van der Waals surface area (Å²) < 4.78 is 18.5. The van der Waals surface area contributed by atoms with Gasteiger partial charge in [-0.15, -0.1) is 0 Å². The molecule has 0 bridgehead atoms. The van der Waals surface area contributed by atoms with Crippen LogP contribution < -0.4 is 15.4 Å². The Balaban J connectivity index is 1.89. The summed E-state index contributed by atoms with van der Waals surface area (Å²) in [4.78, 5) is 11.9. The molecule has 0 saturated carbocycles. The lowest BCUT2D eigenvalue weighted by Gasteiger charge is -2.18. The molecule has 0 heterocycles. The highest BCUT2D eigenvalue weighted by molar-refractivity contribution is 5.75. The number of aliphatic hydroxyl groups excluding tert-OH is 1. The van der Waals surface area contributed by atoms with Crippen molar-refractivity contribution in [3.8, 4) is 5.75 Å². The average molecular weight is 308 g/mol. The van der Waals surface area contributed by atoms with Crippen molar-refractivity contribution < 1.29 is 19.0 Å². The van der Waals surface area contributed by atoms with Crippen molar-refractivity contribution >= 4 is 6.03 Å². The Bertz CT molecular complexity index is 562. The number of carbonyl (C=O) groups excluding carboxylic acids is 1. The van der Waals surface area contributed by atoms with Gasteiger partial charge in [0.25, 0.3) is 0 Å². The maximum Gasteiger partial charge on any atom is 0.315 e. The van der Waals surface area contributed by atoms with Crippen molar-refractivity contribution in [3.63, 3.8) is 0 Å². The van der Waals surface area contributed by atoms with Gasteiger partial charge in [0, 0.05) is 18.6 Å². The normalized spacial score (nSPS) is 21.5. The van der Waals surface area contributed by atoms with Crippen molar-refractivity contribution in [2.75, 3.05) is 13.7 Å². The van der Waals surface area contributed by atoms with Crippen LogP contribution >= 0.6 is 0 Å². The molecule has 0 fully saturated rings. The molecule has 1 aliphatic carbocycles. The number of hydrogen-bond acceptors (Lipinski definition) is 3. The Hall–Kier alpha value is -2.08. The minimum Gasteiger partial charge on any atom is -0.494 e. The zero-order chi connectivity index (χ0) is 16.1. The molecular formula is C16H21FN2O3. The molecule has 2 amide bonds. The van der Waals surface area contributed by atoms with Crippen LogP contribution in [0.4, 0.5) is 9.18 Å². The van der Waals surface area contributed by atoms with Crippen LogP contribution in [0.3, 0.4) is 0 Å². The van der Waals surface area contributed by atoms with E-state index in [0.29, 0.717) is 12.0 Å². The summed E-state index contributed by atoms with van der Waals surface area (Å²) in [5, 5.41) is 14.6. The molecule has 2 rings (SSSR count). The van der Waals surface area contributed by atoms with Crippen LogP contribution in [0, 0.1) is 11.7 Å². The third kappa shape index (κ3) is 3.98. The molecule has 22 heavy (non-hydrogen) atoms. The van der Waals surface area contributed by atoms with E-state index in [-0.39, 0.29) is 36.4 Å². The van der Waals surface area contributed by atoms with Crippen molar-refractivity contribution in [2.24, 2.45) is 5.92 Å². The van der Waals surface area contributed by atoms with E-state index in [0.717, 1.165) is 0 Å². The molecule has 0 radical (unpaired) electrons. The van der Waals surface area contributed by atoms with Gasteiger partial charge in [0.2, 0.25) is 0 Å². The predicted molar refractivity (Wildman–Crippen MR) is 81.2 cm³/mol. The van der Waals surface area contributed by atoms with Gasteiger partial charge in [-0.2, -0.15) is 0 Å². The van der Waals surface area contributed by atoms with Crippen LogP contribution in [0.25, 0.3) is 0 Å². The van der Waals surface area contributed by atoms with Crippen LogP contribution in [0.2, 0.25) is 0 Å². The Morgan fingerprint density at radius 1 is 1.50 bits per heavy atom. The fraction of sp³-hybridized carbons (Fsp3) is 0.438. The number of hydrogen-bond donors (Lipinski definition) is 3. The number of amides is 2. The Morgan fingerprint density at radius 2 is 2.27 bits per heavy atom. The van der Waals surface area contributed by atoms with Gasteiger partial charge < -0.3 is 20.5 Å². The molecule has 0 aromatic heterocycles. The van der Waals surface area contributed by atoms with Gasteiger partial charge in [-0.05, 0) is 31.0 Å². The standard InChI is InChI=1S/C16H21FN2O3/c1-10(12-4-6-15(22-2)14(17)8-12)18-16(21)19-13-5-3-11(7-13)9-20/h3-6,8,10-11,13,20H,7,9H2,1-2H3,(H2,18,19,21)/t10?,11-,13+/m0/s1. The molecule has 1 aromatic carbocycles. The van der Waals surface area contributed by atoms with Crippen LogP contribution in [0.5, 0.6) is 5.75 Å². The lowest BCUT2D eigenvalue weighted by atomic mass is 10.1. The van der Waals surface area contributed by atoms with Gasteiger partial charge in [-0.25, -0.2) is 9.18 Å². The number of carbonyl (C=O) groups is 1. The van der Waals surface area contributed by atoms with Crippen LogP contribution in [0.15, 0.2) is 30.4 Å². The molecule has 3 atom stereocenters. The minimum atomic E-state index is -0.460. The molecule has 6 heteroatoms. The number of urea groups is 1. The number of aliphatic hydroxyl groups is 1. The van der Waals surface area contributed by atoms with E-state index < -0.39 is 5.82 Å². The topological polar surface area (TPSA) is 70.6 Å². The molecule has 5 nitrogen and oxygen atoms in total. The monoisotopic (exact) mass is 308 g/mol. The van der Waals surface area contributed by atoms with E-state index in [1.807, 2.05) is 12.2 Å². The van der Waals surface area contributed by atoms with Crippen molar-refractivity contribution in [1.29, 1.82) is 0 Å². The number of halogens is 1. The fourth-order valence-electron chi connectivity index (χ4n) is 2.46. The summed E-state index contributed by atoms with van der Waals surface area (Å²) in [7, 11) is 1.40. The smallest absolute Gasteiger partial charge is 0.315 e. The summed E-state index contributed by atoms with van der Waals surface area (Å²) in [5.74, 6) is -0.191. The van der Waals surface area contributed by atoms with Gasteiger partial charge in [-0.3, -0.25) is 0 Å². The first kappa shape index (κ1) is 16.3. The summed E-state index contributed by atoms with van der Waals surface area (Å²) in [5.41, 5.74) is 0.656. The first-order valence-corrected chi connectivity index (χ1v) is 7.23. The zero-order valence-corrected chi connectivity index (χ0v) is 12.7. The van der Waals surface area contributed by atoms with Gasteiger partial charge in [0.05, 0.1) is 13.2 Å². The second-order valence-corrected chi connectivity index (χ2v) is 5.40. The molecule has 0 aliphatic heterocycles. The lowest BCUT2D eigenvalue weighted by molar-refractivity contribution is 0.229. The van der Waals surface area contributed by atoms with Crippen LogP contribution in [0.1, 0.15) is 24.9 Å². The number of methoxy groups -OCH3 is 1. The van der Waals surface area contributed by atoms with Gasteiger partial charge >= 0.3 is 6.03 Å². The Morgan fingerprint density at radius 3 is 2.86 bits per heavy atom. The second-order valence-electron chi connectivity index (χ2n) is 5.40. The highest BCUT2D eigenvalue weighted by Crippen LogP contribution is 2.22. The number of nitrogens with one attached hydrogen (secondary N) is 2. The summed E-state index contributed by atoms with van der Waals surface area (Å²) in [6.45, 7) is 1.86. The molecule has 120 valence electrons. The third-order valence-electron chi connectivity index (χ3n) is 3.75. The van der Waals surface area contributed by atoms with Crippen molar-refractivity contribution in [1.82, 2.24) is 10.6 Å². The molecule has 1 unspecified atom stereocenters. The average Bonchev–Trinajstić information content (AvgIpc) is 2.94. The maximum atomic E-state index is 13.7. The SMILES string of the molecule is COc1ccc(C(C)NC(=O)N[C@@H]2C=C[C@H](CO)C2)cc1F. The van der Waals surface area contributed by atoms with E-state index >= 15 is 0 Å². The predicted octanol–water partition coefficient (Wildman–Crippen LogP) is 2.13. The fourth-order valence-corrected chi connectivity index (χ4v) is 2.46. The number of rotatable bonds is 5. The summed E-state index contributed by atoms with van der Waals surface area (Å²) >= 11 is 0. The van der Waals surface area contributed by atoms with Gasteiger partial charge in [0.1, 0.15) is 0 Å². The van der Waals surface area contributed by atoms with E-state index in [9.17, 15) is 9.18 Å². The number of ether oxygens (including phenoxy) is 1. The molecule has 0 spiro atoms. The van der Waals surface area contributed by atoms with E-state index in [1.54, 1.807) is 13.0 Å². The molecule has 1 aliphatic rings. The van der Waals surface area contributed by atoms with Crippen molar-refractivity contribution in [2.45, 2.75) is 25.4 Å². The quantitative estimate of drug-likeness (QED) is 0.730. The minimum absolute atomic E-state index is 0.0812. The Kier molecular flexibility index (Phi) is 5.38. The molecule has 1 aromatic rings. The van der Waals surface area contributed by atoms with Crippen LogP contribution in [-0.4, -0.2) is 30.9 Å². The molecule has 3 N–H and O–H groups in total. The third-order valence-corrected chi connectivity index (χ3v) is 3.75. The van der Waals surface area contributed by atoms with Gasteiger partial charge in [-0.1, -0.05) is 18.2 Å². The van der Waals surface area contributed by atoms with E-state index in [4.69, 9.17) is 9.84 Å². The van der Waals surface area contributed by atoms with E-state index in [2.05, 4.69) is 10.6 Å². The lowest BCUT2D eigenvalue weighted by Crippen LogP contribution is -2.41. The van der Waals surface area contributed by atoms with Gasteiger partial charge in [0.15, 0.2) is 11.6 Å². The number of benzene rings is 1. The molecule has 0 saturated heterocycles. The summed E-state index contributed by atoms with van der Waals surface area (Å²) in [6, 6.07) is 3.85. The second kappa shape index (κ2) is 7.26. The highest BCUT2D eigenvalue weighted by Gasteiger charge is 2.20.